The zero-order valence-corrected chi connectivity index (χ0v) is 12.5. The van der Waals surface area contributed by atoms with Crippen molar-refractivity contribution in [1.29, 1.82) is 0 Å². The van der Waals surface area contributed by atoms with Gasteiger partial charge in [0.1, 0.15) is 14.6 Å². The highest BCUT2D eigenvalue weighted by molar-refractivity contribution is 6.85. The topological polar surface area (TPSA) is 20.2 Å². The molecular formula is C11H26B2OSi. The van der Waals surface area contributed by atoms with Gasteiger partial charge in [-0.1, -0.05) is 52.6 Å². The van der Waals surface area contributed by atoms with Gasteiger partial charge in [-0.3, -0.25) is 0 Å². The van der Waals surface area contributed by atoms with Crippen LogP contribution in [0.25, 0.3) is 0 Å². The minimum absolute atomic E-state index is 0.00215. The van der Waals surface area contributed by atoms with E-state index in [1.165, 1.54) is 0 Å². The first-order valence-corrected chi connectivity index (χ1v) is 8.96. The number of hydrogen-bond donors (Lipinski definition) is 1. The fraction of sp³-hybridized carbons (Fsp3) is 1.00. The molecule has 0 aliphatic heterocycles. The van der Waals surface area contributed by atoms with Crippen LogP contribution >= 0.6 is 0 Å². The van der Waals surface area contributed by atoms with Crippen LogP contribution in [0.15, 0.2) is 0 Å². The second-order valence-electron chi connectivity index (χ2n) is 5.91. The molecule has 0 heterocycles. The normalized spacial score (nSPS) is 17.1. The predicted molar refractivity (Wildman–Crippen MR) is 74.4 cm³/mol. The Kier molecular flexibility index (Phi) is 5.20. The molecular weight excluding hydrogens is 198 g/mol. The van der Waals surface area contributed by atoms with Crippen LogP contribution in [-0.2, 0) is 0 Å². The van der Waals surface area contributed by atoms with Gasteiger partial charge in [0.25, 0.3) is 0 Å². The van der Waals surface area contributed by atoms with Gasteiger partial charge in [-0.05, 0) is 18.0 Å². The average molecular weight is 224 g/mol. The lowest BCUT2D eigenvalue weighted by atomic mass is 9.31. The van der Waals surface area contributed by atoms with E-state index < -0.39 is 8.32 Å². The highest BCUT2D eigenvalue weighted by Gasteiger charge is 2.44. The third-order valence-electron chi connectivity index (χ3n) is 3.55. The van der Waals surface area contributed by atoms with E-state index in [1.807, 2.05) is 13.1 Å². The second-order valence-corrected chi connectivity index (χ2v) is 10.2. The third-order valence-corrected chi connectivity index (χ3v) is 6.85. The molecule has 1 atom stereocenters. The fourth-order valence-corrected chi connectivity index (χ4v) is 3.71. The zero-order valence-electron chi connectivity index (χ0n) is 11.5. The van der Waals surface area contributed by atoms with E-state index in [0.29, 0.717) is 0 Å². The summed E-state index contributed by atoms with van der Waals surface area (Å²) in [6, 6.07) is 0. The average Bonchev–Trinajstić information content (AvgIpc) is 2.00. The summed E-state index contributed by atoms with van der Waals surface area (Å²) < 4.78 is 0. The molecule has 0 spiro atoms. The Labute approximate surface area is 98.7 Å². The van der Waals surface area contributed by atoms with Gasteiger partial charge in [0.15, 0.2) is 8.32 Å². The van der Waals surface area contributed by atoms with Gasteiger partial charge >= 0.3 is 0 Å². The summed E-state index contributed by atoms with van der Waals surface area (Å²) in [5.41, 5.74) is 0. The van der Waals surface area contributed by atoms with Crippen molar-refractivity contribution in [3.8, 4) is 0 Å². The summed E-state index contributed by atoms with van der Waals surface area (Å²) >= 11 is 0. The molecule has 0 rings (SSSR count). The van der Waals surface area contributed by atoms with E-state index in [-0.39, 0.29) is 10.2 Å². The first kappa shape index (κ1) is 15.3. The number of hydrogen-bond acceptors (Lipinski definition) is 1. The smallest absolute Gasteiger partial charge is 0.180 e. The Morgan fingerprint density at radius 3 is 1.87 bits per heavy atom. The largest absolute Gasteiger partial charge is 0.432 e. The minimum atomic E-state index is -2.13. The first-order valence-electron chi connectivity index (χ1n) is 6.02. The monoisotopic (exact) mass is 224 g/mol. The third kappa shape index (κ3) is 4.35. The first-order chi connectivity index (χ1) is 6.58. The van der Waals surface area contributed by atoms with E-state index in [4.69, 9.17) is 0 Å². The summed E-state index contributed by atoms with van der Waals surface area (Å²) in [4.78, 5) is 10.4. The van der Waals surface area contributed by atoms with Crippen molar-refractivity contribution in [2.75, 3.05) is 0 Å². The summed E-state index contributed by atoms with van der Waals surface area (Å²) in [6.45, 7) is 15.1. The summed E-state index contributed by atoms with van der Waals surface area (Å²) in [5, 5.41) is 0.118. The molecule has 0 aromatic heterocycles. The van der Waals surface area contributed by atoms with Crippen LogP contribution in [0.4, 0.5) is 0 Å². The second kappa shape index (κ2) is 5.09. The van der Waals surface area contributed by atoms with E-state index in [9.17, 15) is 4.80 Å². The molecule has 0 saturated heterocycles. The fourth-order valence-electron chi connectivity index (χ4n) is 2.12. The molecule has 0 aliphatic carbocycles. The van der Waals surface area contributed by atoms with Crippen molar-refractivity contribution in [2.45, 2.75) is 70.6 Å². The molecule has 0 aromatic rings. The molecule has 0 bridgehead atoms. The molecule has 0 aliphatic rings. The molecule has 1 unspecified atom stereocenters. The van der Waals surface area contributed by atoms with Crippen LogP contribution in [0.3, 0.4) is 0 Å². The van der Waals surface area contributed by atoms with E-state index in [1.54, 1.807) is 0 Å². The lowest BCUT2D eigenvalue weighted by molar-refractivity contribution is 0.500. The molecule has 0 aromatic carbocycles. The zero-order chi connectivity index (χ0) is 12.3. The molecule has 4 heteroatoms. The standard InChI is InChI=1S/C11H26B2OSi/c1-8-11(5,15(6,7)14)13-10(3,4)12-9-2/h14H,8-9H2,1-7H3. The maximum absolute atomic E-state index is 10.4. The summed E-state index contributed by atoms with van der Waals surface area (Å²) in [7, 11) is 2.55. The van der Waals surface area contributed by atoms with Crippen molar-refractivity contribution in [3.05, 3.63) is 0 Å². The molecule has 86 valence electrons. The van der Waals surface area contributed by atoms with Crippen LogP contribution in [0.5, 0.6) is 0 Å². The van der Waals surface area contributed by atoms with Gasteiger partial charge < -0.3 is 4.80 Å². The predicted octanol–water partition coefficient (Wildman–Crippen LogP) is 3.31. The van der Waals surface area contributed by atoms with Crippen LogP contribution < -0.4 is 0 Å². The molecule has 2 radical (unpaired) electrons. The van der Waals surface area contributed by atoms with Gasteiger partial charge in [-0.2, -0.15) is 0 Å². The maximum Gasteiger partial charge on any atom is 0.180 e. The Morgan fingerprint density at radius 1 is 1.13 bits per heavy atom. The maximum atomic E-state index is 10.4. The van der Waals surface area contributed by atoms with Crippen molar-refractivity contribution in [2.24, 2.45) is 0 Å². The van der Waals surface area contributed by atoms with Crippen molar-refractivity contribution < 1.29 is 4.80 Å². The van der Waals surface area contributed by atoms with E-state index in [0.717, 1.165) is 12.7 Å². The summed E-state index contributed by atoms with van der Waals surface area (Å²) in [6.07, 6.45) is 2.10. The molecule has 0 saturated carbocycles. The lowest BCUT2D eigenvalue weighted by Gasteiger charge is -2.42. The highest BCUT2D eigenvalue weighted by Crippen LogP contribution is 2.44. The van der Waals surface area contributed by atoms with Gasteiger partial charge in [-0.15, -0.1) is 0 Å². The van der Waals surface area contributed by atoms with Crippen molar-refractivity contribution in [3.63, 3.8) is 0 Å². The number of rotatable bonds is 6. The molecule has 15 heavy (non-hydrogen) atoms. The van der Waals surface area contributed by atoms with Gasteiger partial charge in [0, 0.05) is 0 Å². The molecule has 0 amide bonds. The van der Waals surface area contributed by atoms with Crippen molar-refractivity contribution >= 4 is 22.9 Å². The Bertz CT molecular complexity index is 201. The molecule has 0 fully saturated rings. The Balaban J connectivity index is 4.72. The van der Waals surface area contributed by atoms with Crippen LogP contribution in [0.2, 0.25) is 29.6 Å². The Hall–Kier alpha value is 0.307. The Morgan fingerprint density at radius 2 is 1.60 bits per heavy atom. The summed E-state index contributed by atoms with van der Waals surface area (Å²) in [5.74, 6) is 0. The van der Waals surface area contributed by atoms with Gasteiger partial charge in [0.2, 0.25) is 0 Å². The lowest BCUT2D eigenvalue weighted by Crippen LogP contribution is -2.47. The SMILES string of the molecule is CC[B]C(C)(C)[B]C(C)(CC)[Si](C)(C)O. The molecule has 1 nitrogen and oxygen atoms in total. The van der Waals surface area contributed by atoms with Gasteiger partial charge in [0.05, 0.1) is 0 Å². The van der Waals surface area contributed by atoms with Gasteiger partial charge in [-0.25, -0.2) is 0 Å². The quantitative estimate of drug-likeness (QED) is 0.686. The highest BCUT2D eigenvalue weighted by atomic mass is 28.4. The van der Waals surface area contributed by atoms with E-state index in [2.05, 4.69) is 49.2 Å². The minimum Gasteiger partial charge on any atom is -0.432 e. The molecule has 1 N–H and O–H groups in total. The van der Waals surface area contributed by atoms with E-state index >= 15 is 0 Å². The van der Waals surface area contributed by atoms with Crippen LogP contribution in [0.1, 0.15) is 41.0 Å². The van der Waals surface area contributed by atoms with Crippen LogP contribution in [0, 0.1) is 0 Å². The van der Waals surface area contributed by atoms with Crippen molar-refractivity contribution in [1.82, 2.24) is 0 Å². The van der Waals surface area contributed by atoms with Crippen LogP contribution in [-0.4, -0.2) is 27.7 Å².